The van der Waals surface area contributed by atoms with Crippen LogP contribution in [0.3, 0.4) is 0 Å². The van der Waals surface area contributed by atoms with Crippen molar-refractivity contribution < 1.29 is 9.18 Å². The van der Waals surface area contributed by atoms with Crippen LogP contribution in [-0.2, 0) is 11.3 Å². The second kappa shape index (κ2) is 17.7. The molecule has 0 atom stereocenters. The van der Waals surface area contributed by atoms with Gasteiger partial charge in [-0.3, -0.25) is 19.1 Å². The van der Waals surface area contributed by atoms with Crippen LogP contribution in [0, 0.1) is 24.1 Å². The standard InChI is InChI=1S/C36H48FN5O2S2/c1-4-6-7-8-9-10-11-12-13-16-20-42-35(44)32(46-36(42)45)25-28-27(3)29(26-38)34(43)41(19-5-2)33(28)40-23-21-39(22-24-40)31-18-15-14-17-30(31)37/h14-15,17-18,25H,4-13,16,19-24H2,1-3H3/b32-25+. The number of anilines is 2. The van der Waals surface area contributed by atoms with Crippen molar-refractivity contribution >= 4 is 51.8 Å². The zero-order valence-electron chi connectivity index (χ0n) is 27.7. The summed E-state index contributed by atoms with van der Waals surface area (Å²) in [6.45, 7) is 9.32. The van der Waals surface area contributed by atoms with E-state index in [1.165, 1.54) is 69.2 Å². The molecule has 2 aliphatic rings. The number of amides is 1. The number of aromatic nitrogens is 1. The van der Waals surface area contributed by atoms with Crippen LogP contribution in [0.1, 0.15) is 101 Å². The Balaban J connectivity index is 1.51. The van der Waals surface area contributed by atoms with Crippen LogP contribution in [0.4, 0.5) is 15.9 Å². The molecule has 46 heavy (non-hydrogen) atoms. The summed E-state index contributed by atoms with van der Waals surface area (Å²) >= 11 is 6.94. The van der Waals surface area contributed by atoms with Gasteiger partial charge in [0, 0.05) is 44.8 Å². The predicted molar refractivity (Wildman–Crippen MR) is 193 cm³/mol. The van der Waals surface area contributed by atoms with Crippen LogP contribution in [0.25, 0.3) is 6.08 Å². The zero-order chi connectivity index (χ0) is 33.1. The number of unbranched alkanes of at least 4 members (excludes halogenated alkanes) is 9. The molecule has 0 unspecified atom stereocenters. The molecule has 2 fully saturated rings. The van der Waals surface area contributed by atoms with E-state index in [2.05, 4.69) is 17.9 Å². The molecule has 1 aromatic carbocycles. The molecule has 2 aliphatic heterocycles. The fourth-order valence-electron chi connectivity index (χ4n) is 6.36. The minimum absolute atomic E-state index is 0.0919. The number of piperazine rings is 1. The van der Waals surface area contributed by atoms with Crippen LogP contribution >= 0.6 is 24.0 Å². The summed E-state index contributed by atoms with van der Waals surface area (Å²) < 4.78 is 16.8. The van der Waals surface area contributed by atoms with Gasteiger partial charge in [0.25, 0.3) is 11.5 Å². The normalized spacial score (nSPS) is 16.2. The number of hydrogen-bond donors (Lipinski definition) is 0. The quantitative estimate of drug-likeness (QED) is 0.102. The first-order chi connectivity index (χ1) is 22.3. The molecule has 4 rings (SSSR count). The predicted octanol–water partition coefficient (Wildman–Crippen LogP) is 8.03. The van der Waals surface area contributed by atoms with Crippen molar-refractivity contribution in [2.45, 2.75) is 97.9 Å². The summed E-state index contributed by atoms with van der Waals surface area (Å²) in [7, 11) is 0. The van der Waals surface area contributed by atoms with Crippen molar-refractivity contribution in [2.24, 2.45) is 0 Å². The minimum atomic E-state index is -0.320. The number of carbonyl (C=O) groups excluding carboxylic acids is 1. The second-order valence-electron chi connectivity index (χ2n) is 12.2. The molecule has 3 heterocycles. The number of thiocarbonyl (C=S) groups is 1. The van der Waals surface area contributed by atoms with Gasteiger partial charge in [-0.25, -0.2) is 4.39 Å². The number of rotatable bonds is 16. The van der Waals surface area contributed by atoms with E-state index in [-0.39, 0.29) is 22.8 Å². The first kappa shape index (κ1) is 35.7. The van der Waals surface area contributed by atoms with Gasteiger partial charge in [-0.05, 0) is 43.5 Å². The van der Waals surface area contributed by atoms with Crippen LogP contribution in [0.15, 0.2) is 34.0 Å². The lowest BCUT2D eigenvalue weighted by molar-refractivity contribution is -0.122. The van der Waals surface area contributed by atoms with E-state index in [1.54, 1.807) is 28.5 Å². The molecular weight excluding hydrogens is 618 g/mol. The summed E-state index contributed by atoms with van der Waals surface area (Å²) in [6.07, 6.45) is 14.8. The third-order valence-electron chi connectivity index (χ3n) is 8.95. The van der Waals surface area contributed by atoms with Crippen molar-refractivity contribution in [3.8, 4) is 6.07 Å². The Kier molecular flexibility index (Phi) is 13.7. The lowest BCUT2D eigenvalue weighted by Gasteiger charge is -2.39. The second-order valence-corrected chi connectivity index (χ2v) is 13.9. The molecule has 0 radical (unpaired) electrons. The van der Waals surface area contributed by atoms with Crippen molar-refractivity contribution in [3.05, 3.63) is 62.0 Å². The molecule has 7 nitrogen and oxygen atoms in total. The molecule has 248 valence electrons. The number of nitrogens with zero attached hydrogens (tertiary/aromatic N) is 5. The van der Waals surface area contributed by atoms with Gasteiger partial charge in [0.15, 0.2) is 0 Å². The molecule has 0 aliphatic carbocycles. The van der Waals surface area contributed by atoms with E-state index >= 15 is 0 Å². The van der Waals surface area contributed by atoms with Gasteiger partial charge in [0.1, 0.15) is 27.6 Å². The Morgan fingerprint density at radius 1 is 0.891 bits per heavy atom. The summed E-state index contributed by atoms with van der Waals surface area (Å²) in [4.78, 5) is 33.6. The number of thioether (sulfide) groups is 1. The Hall–Kier alpha value is -3.16. The highest BCUT2D eigenvalue weighted by molar-refractivity contribution is 8.26. The molecule has 2 aromatic rings. The third-order valence-corrected chi connectivity index (χ3v) is 10.3. The highest BCUT2D eigenvalue weighted by Gasteiger charge is 2.33. The molecule has 0 bridgehead atoms. The van der Waals surface area contributed by atoms with Crippen molar-refractivity contribution in [3.63, 3.8) is 0 Å². The smallest absolute Gasteiger partial charge is 0.270 e. The average molecular weight is 666 g/mol. The lowest BCUT2D eigenvalue weighted by atomic mass is 10.0. The molecule has 0 spiro atoms. The SMILES string of the molecule is CCCCCCCCCCCCN1C(=O)/C(=C\c2c(C)c(C#N)c(=O)n(CCC)c2N2CCN(c3ccccc3F)CC2)SC1=S. The first-order valence-corrected chi connectivity index (χ1v) is 18.2. The molecule has 0 N–H and O–H groups in total. The molecule has 0 saturated carbocycles. The van der Waals surface area contributed by atoms with E-state index in [4.69, 9.17) is 12.2 Å². The van der Waals surface area contributed by atoms with E-state index < -0.39 is 0 Å². The zero-order valence-corrected chi connectivity index (χ0v) is 29.3. The maximum absolute atomic E-state index is 14.5. The number of benzene rings is 1. The van der Waals surface area contributed by atoms with Crippen LogP contribution in [-0.4, -0.2) is 52.4 Å². The fourth-order valence-corrected chi connectivity index (χ4v) is 7.65. The van der Waals surface area contributed by atoms with Gasteiger partial charge in [-0.1, -0.05) is 108 Å². The number of carbonyl (C=O) groups is 1. The fraction of sp³-hybridized carbons (Fsp3) is 0.556. The molecule has 10 heteroatoms. The average Bonchev–Trinajstić information content (AvgIpc) is 3.32. The number of halogens is 1. The first-order valence-electron chi connectivity index (χ1n) is 17.0. The Morgan fingerprint density at radius 2 is 1.50 bits per heavy atom. The minimum Gasteiger partial charge on any atom is -0.366 e. The maximum Gasteiger partial charge on any atom is 0.270 e. The van der Waals surface area contributed by atoms with Crippen LogP contribution in [0.2, 0.25) is 0 Å². The van der Waals surface area contributed by atoms with E-state index in [0.29, 0.717) is 77.5 Å². The number of nitriles is 1. The third kappa shape index (κ3) is 8.60. The molecular formula is C36H48FN5O2S2. The molecule has 2 saturated heterocycles. The van der Waals surface area contributed by atoms with Crippen molar-refractivity contribution in [1.29, 1.82) is 5.26 Å². The summed E-state index contributed by atoms with van der Waals surface area (Å²) in [6, 6.07) is 8.89. The van der Waals surface area contributed by atoms with Crippen molar-refractivity contribution in [1.82, 2.24) is 9.47 Å². The number of hydrogen-bond acceptors (Lipinski definition) is 7. The number of pyridine rings is 1. The summed E-state index contributed by atoms with van der Waals surface area (Å²) in [5.74, 6) is 0.331. The van der Waals surface area contributed by atoms with Gasteiger partial charge >= 0.3 is 0 Å². The van der Waals surface area contributed by atoms with Crippen LogP contribution in [0.5, 0.6) is 0 Å². The lowest BCUT2D eigenvalue weighted by Crippen LogP contribution is -2.49. The summed E-state index contributed by atoms with van der Waals surface area (Å²) in [5.41, 5.74) is 1.60. The van der Waals surface area contributed by atoms with Crippen LogP contribution < -0.4 is 15.4 Å². The van der Waals surface area contributed by atoms with E-state index in [0.717, 1.165) is 12.8 Å². The Labute approximate surface area is 283 Å². The highest BCUT2D eigenvalue weighted by atomic mass is 32.2. The largest absolute Gasteiger partial charge is 0.366 e. The number of para-hydroxylation sites is 1. The van der Waals surface area contributed by atoms with Gasteiger partial charge in [0.2, 0.25) is 0 Å². The Morgan fingerprint density at radius 3 is 2.11 bits per heavy atom. The van der Waals surface area contributed by atoms with Crippen molar-refractivity contribution in [2.75, 3.05) is 42.5 Å². The van der Waals surface area contributed by atoms with E-state index in [9.17, 15) is 19.2 Å². The Bertz CT molecular complexity index is 1510. The topological polar surface area (TPSA) is 72.6 Å². The van der Waals surface area contributed by atoms with E-state index in [1.807, 2.05) is 24.0 Å². The highest BCUT2D eigenvalue weighted by Crippen LogP contribution is 2.36. The summed E-state index contributed by atoms with van der Waals surface area (Å²) in [5, 5.41) is 9.98. The molecule has 1 aromatic heterocycles. The van der Waals surface area contributed by atoms with Gasteiger partial charge in [0.05, 0.1) is 10.6 Å². The van der Waals surface area contributed by atoms with Gasteiger partial charge < -0.3 is 9.80 Å². The van der Waals surface area contributed by atoms with Gasteiger partial charge in [-0.15, -0.1) is 0 Å². The molecule has 1 amide bonds. The monoisotopic (exact) mass is 665 g/mol. The van der Waals surface area contributed by atoms with Gasteiger partial charge in [-0.2, -0.15) is 5.26 Å². The maximum atomic E-state index is 14.5.